The van der Waals surface area contributed by atoms with Crippen LogP contribution in [0.1, 0.15) is 25.3 Å². The summed E-state index contributed by atoms with van der Waals surface area (Å²) in [4.78, 5) is 24.0. The van der Waals surface area contributed by atoms with E-state index in [1.807, 2.05) is 0 Å². The fraction of sp³-hybridized carbons (Fsp3) is 0.333. The van der Waals surface area contributed by atoms with Gasteiger partial charge >= 0.3 is 0 Å². The topological polar surface area (TPSA) is 75.6 Å². The molecule has 1 aromatic carbocycles. The Hall–Kier alpha value is -1.53. The number of ketones is 1. The third-order valence-electron chi connectivity index (χ3n) is 3.36. The van der Waals surface area contributed by atoms with Crippen LogP contribution in [0.3, 0.4) is 0 Å². The Labute approximate surface area is 141 Å². The Bertz CT molecular complexity index is 629. The van der Waals surface area contributed by atoms with Crippen LogP contribution in [0, 0.1) is 0 Å². The molecule has 1 aliphatic rings. The molecule has 22 heavy (non-hydrogen) atoms. The molecule has 1 heterocycles. The number of aliphatic hydroxyl groups is 1. The zero-order chi connectivity index (χ0) is 16.3. The number of ether oxygens (including phenoxy) is 1. The minimum Gasteiger partial charge on any atom is -0.501 e. The number of carbonyl (C=O) groups excluding carboxylic acids is 2. The van der Waals surface area contributed by atoms with Crippen molar-refractivity contribution >= 4 is 39.2 Å². The number of benzene rings is 1. The van der Waals surface area contributed by atoms with Gasteiger partial charge < -0.3 is 9.84 Å². The summed E-state index contributed by atoms with van der Waals surface area (Å²) in [5.41, 5.74) is -0.842. The minimum absolute atomic E-state index is 0.206. The van der Waals surface area contributed by atoms with Gasteiger partial charge in [-0.05, 0) is 25.5 Å². The first-order valence-electron chi connectivity index (χ1n) is 6.67. The monoisotopic (exact) mass is 387 g/mol. The van der Waals surface area contributed by atoms with Gasteiger partial charge in [0.05, 0.1) is 0 Å². The lowest BCUT2D eigenvalue weighted by Crippen LogP contribution is -2.32. The second-order valence-corrected chi connectivity index (χ2v) is 6.22. The lowest BCUT2D eigenvalue weighted by molar-refractivity contribution is -0.133. The van der Waals surface area contributed by atoms with Gasteiger partial charge in [0.15, 0.2) is 5.60 Å². The van der Waals surface area contributed by atoms with Crippen LogP contribution in [0.2, 0.25) is 5.02 Å². The van der Waals surface area contributed by atoms with Crippen molar-refractivity contribution in [2.75, 3.05) is 5.33 Å². The highest BCUT2D eigenvalue weighted by molar-refractivity contribution is 9.09. The molecule has 0 aliphatic carbocycles. The smallest absolute Gasteiger partial charge is 0.250 e. The van der Waals surface area contributed by atoms with Crippen LogP contribution in [-0.2, 0) is 19.9 Å². The number of hydrogen-bond donors (Lipinski definition) is 2. The molecular weight excluding hydrogens is 374 g/mol. The molecule has 1 unspecified atom stereocenters. The Morgan fingerprint density at radius 3 is 2.64 bits per heavy atom. The maximum absolute atomic E-state index is 12.3. The number of amides is 1. The summed E-state index contributed by atoms with van der Waals surface area (Å²) in [6, 6.07) is 6.54. The van der Waals surface area contributed by atoms with Gasteiger partial charge in [-0.3, -0.25) is 14.9 Å². The van der Waals surface area contributed by atoms with Gasteiger partial charge in [0.1, 0.15) is 0 Å². The molecule has 2 rings (SSSR count). The number of alkyl halides is 1. The van der Waals surface area contributed by atoms with Gasteiger partial charge in [-0.15, -0.1) is 0 Å². The summed E-state index contributed by atoms with van der Waals surface area (Å²) in [5, 5.41) is 13.6. The maximum Gasteiger partial charge on any atom is 0.250 e. The van der Waals surface area contributed by atoms with Crippen LogP contribution in [0.4, 0.5) is 0 Å². The lowest BCUT2D eigenvalue weighted by atomic mass is 9.92. The van der Waals surface area contributed by atoms with Crippen molar-refractivity contribution in [3.63, 3.8) is 0 Å². The number of carbonyl (C=O) groups is 2. The van der Waals surface area contributed by atoms with Crippen molar-refractivity contribution in [3.8, 4) is 0 Å². The first kappa shape index (κ1) is 16.8. The molecule has 1 aromatic rings. The van der Waals surface area contributed by atoms with Crippen LogP contribution >= 0.6 is 27.5 Å². The van der Waals surface area contributed by atoms with Gasteiger partial charge in [0.25, 0.3) is 5.78 Å². The van der Waals surface area contributed by atoms with Crippen LogP contribution in [0.5, 0.6) is 0 Å². The third kappa shape index (κ3) is 3.28. The molecule has 1 atom stereocenters. The first-order valence-corrected chi connectivity index (χ1v) is 8.17. The second-order valence-electron chi connectivity index (χ2n) is 4.99. The number of halogens is 2. The normalized spacial score (nSPS) is 21.0. The van der Waals surface area contributed by atoms with E-state index in [4.69, 9.17) is 16.3 Å². The summed E-state index contributed by atoms with van der Waals surface area (Å²) in [6.07, 6.45) is 0.902. The summed E-state index contributed by atoms with van der Waals surface area (Å²) in [7, 11) is 0. The summed E-state index contributed by atoms with van der Waals surface area (Å²) < 4.78 is 5.54. The fourth-order valence-corrected chi connectivity index (χ4v) is 2.49. The highest BCUT2D eigenvalue weighted by atomic mass is 79.9. The Morgan fingerprint density at radius 2 is 2.05 bits per heavy atom. The predicted molar refractivity (Wildman–Crippen MR) is 85.7 cm³/mol. The molecule has 0 spiro atoms. The quantitative estimate of drug-likeness (QED) is 0.760. The molecule has 5 nitrogen and oxygen atoms in total. The zero-order valence-corrected chi connectivity index (χ0v) is 14.2. The number of aliphatic hydroxyl groups excluding tert-OH is 1. The molecule has 1 aliphatic heterocycles. The van der Waals surface area contributed by atoms with E-state index in [1.165, 1.54) is 6.92 Å². The van der Waals surface area contributed by atoms with E-state index in [-0.39, 0.29) is 18.2 Å². The van der Waals surface area contributed by atoms with Gasteiger partial charge in [0, 0.05) is 22.3 Å². The Balaban J connectivity index is 2.18. The zero-order valence-electron chi connectivity index (χ0n) is 11.9. The van der Waals surface area contributed by atoms with E-state index in [1.54, 1.807) is 24.3 Å². The number of hydrogen-bond acceptors (Lipinski definition) is 4. The molecular formula is C15H15BrClNO4. The van der Waals surface area contributed by atoms with E-state index >= 15 is 0 Å². The average Bonchev–Trinajstić information content (AvgIpc) is 2.71. The molecule has 0 fully saturated rings. The van der Waals surface area contributed by atoms with Crippen molar-refractivity contribution < 1.29 is 19.4 Å². The van der Waals surface area contributed by atoms with Crippen LogP contribution in [0.15, 0.2) is 35.9 Å². The minimum atomic E-state index is -1.38. The maximum atomic E-state index is 12.3. The lowest BCUT2D eigenvalue weighted by Gasteiger charge is -2.23. The molecule has 0 bridgehead atoms. The van der Waals surface area contributed by atoms with Gasteiger partial charge in [-0.1, -0.05) is 39.7 Å². The standard InChI is InChI=1S/C15H15BrClNO4/c1-15(9-4-6-10(17)7-5-9)13(21)12(20)14(22-15)18-11(19)3-2-8-16/h4-7,20H,2-3,8H2,1H3,(H,18,19). The molecule has 0 saturated heterocycles. The summed E-state index contributed by atoms with van der Waals surface area (Å²) in [6.45, 7) is 1.53. The Kier molecular flexibility index (Phi) is 5.13. The largest absolute Gasteiger partial charge is 0.501 e. The SMILES string of the molecule is CC1(c2ccc(Cl)cc2)OC(NC(=O)CCCBr)=C(O)C1=O. The van der Waals surface area contributed by atoms with E-state index < -0.39 is 17.1 Å². The second kappa shape index (κ2) is 6.71. The highest BCUT2D eigenvalue weighted by Crippen LogP contribution is 2.37. The van der Waals surface area contributed by atoms with Crippen LogP contribution < -0.4 is 5.32 Å². The average molecular weight is 389 g/mol. The number of nitrogens with one attached hydrogen (secondary N) is 1. The molecule has 0 saturated carbocycles. The van der Waals surface area contributed by atoms with E-state index in [0.29, 0.717) is 22.3 Å². The van der Waals surface area contributed by atoms with E-state index in [9.17, 15) is 14.7 Å². The molecule has 0 radical (unpaired) electrons. The molecule has 0 aromatic heterocycles. The van der Waals surface area contributed by atoms with E-state index in [0.717, 1.165) is 0 Å². The first-order chi connectivity index (χ1) is 10.4. The van der Waals surface area contributed by atoms with Crippen molar-refractivity contribution in [3.05, 3.63) is 46.5 Å². The van der Waals surface area contributed by atoms with Gasteiger partial charge in [-0.25, -0.2) is 0 Å². The molecule has 2 N–H and O–H groups in total. The molecule has 7 heteroatoms. The van der Waals surface area contributed by atoms with Crippen LogP contribution in [-0.4, -0.2) is 22.1 Å². The van der Waals surface area contributed by atoms with Crippen molar-refractivity contribution in [2.24, 2.45) is 0 Å². The van der Waals surface area contributed by atoms with E-state index in [2.05, 4.69) is 21.2 Å². The summed E-state index contributed by atoms with van der Waals surface area (Å²) in [5.74, 6) is -1.72. The summed E-state index contributed by atoms with van der Waals surface area (Å²) >= 11 is 9.06. The van der Waals surface area contributed by atoms with Crippen LogP contribution in [0.25, 0.3) is 0 Å². The van der Waals surface area contributed by atoms with Crippen molar-refractivity contribution in [1.29, 1.82) is 0 Å². The number of rotatable bonds is 5. The Morgan fingerprint density at radius 1 is 1.41 bits per heavy atom. The predicted octanol–water partition coefficient (Wildman–Crippen LogP) is 3.17. The highest BCUT2D eigenvalue weighted by Gasteiger charge is 2.48. The van der Waals surface area contributed by atoms with Crippen molar-refractivity contribution in [1.82, 2.24) is 5.32 Å². The third-order valence-corrected chi connectivity index (χ3v) is 4.17. The van der Waals surface area contributed by atoms with Crippen molar-refractivity contribution in [2.45, 2.75) is 25.4 Å². The fourth-order valence-electron chi connectivity index (χ4n) is 2.09. The molecule has 118 valence electrons. The van der Waals surface area contributed by atoms with Gasteiger partial charge in [-0.2, -0.15) is 0 Å². The number of Topliss-reactive ketones (excluding diaryl/α,β-unsaturated/α-hetero) is 1. The molecule has 1 amide bonds. The van der Waals surface area contributed by atoms with Gasteiger partial charge in [0.2, 0.25) is 17.5 Å².